The summed E-state index contributed by atoms with van der Waals surface area (Å²) >= 11 is 0. The number of rotatable bonds is 68. The number of unbranched alkanes of at least 4 members (excludes halogenated alkanes) is 2. The molecule has 0 atom stereocenters. The molecule has 0 heterocycles. The van der Waals surface area contributed by atoms with Crippen LogP contribution >= 0.6 is 0 Å². The summed E-state index contributed by atoms with van der Waals surface area (Å²) in [6.07, 6.45) is 1.52. The van der Waals surface area contributed by atoms with E-state index in [1.807, 2.05) is 61.9 Å². The van der Waals surface area contributed by atoms with Gasteiger partial charge in [-0.2, -0.15) is 0 Å². The zero-order valence-corrected chi connectivity index (χ0v) is 85.3. The minimum atomic E-state index is -2.02. The predicted molar refractivity (Wildman–Crippen MR) is 504 cm³/mol. The van der Waals surface area contributed by atoms with Crippen LogP contribution in [0.2, 0.25) is 0 Å². The molecule has 0 aliphatic carbocycles. The summed E-state index contributed by atoms with van der Waals surface area (Å²) in [5, 5.41) is 27.1. The van der Waals surface area contributed by atoms with E-state index in [0.717, 1.165) is 38.8 Å². The van der Waals surface area contributed by atoms with E-state index < -0.39 is 182 Å². The Hall–Kier alpha value is -9.13. The Bertz CT molecular complexity index is 3020. The Balaban J connectivity index is 7.81. The van der Waals surface area contributed by atoms with Crippen molar-refractivity contribution < 1.29 is 124 Å². The average molecular weight is 1910 g/mol. The van der Waals surface area contributed by atoms with E-state index >= 15 is 14.4 Å². The summed E-state index contributed by atoms with van der Waals surface area (Å²) < 4.78 is 73.9. The third-order valence-corrected chi connectivity index (χ3v) is 20.1. The van der Waals surface area contributed by atoms with Crippen molar-refractivity contribution in [3.8, 4) is 0 Å². The second kappa shape index (κ2) is 67.1. The van der Waals surface area contributed by atoms with Crippen molar-refractivity contribution in [2.24, 2.45) is 21.7 Å². The van der Waals surface area contributed by atoms with Crippen LogP contribution in [0.3, 0.4) is 0 Å². The Morgan fingerprint density at radius 2 is 0.346 bits per heavy atom. The van der Waals surface area contributed by atoms with Crippen LogP contribution in [0.4, 0.5) is 47.9 Å². The van der Waals surface area contributed by atoms with Crippen LogP contribution in [0.5, 0.6) is 0 Å². The summed E-state index contributed by atoms with van der Waals surface area (Å²) in [6.45, 7) is 34.2. The fourth-order valence-corrected chi connectivity index (χ4v) is 11.9. The van der Waals surface area contributed by atoms with Gasteiger partial charge in [0, 0.05) is 65.4 Å². The monoisotopic (exact) mass is 1910 g/mol. The molecular formula is C91H174N16O26. The number of carbonyl (C=O) groups excluding carboxylic acids is 13. The maximum Gasteiger partial charge on any atom is 0.407 e. The van der Waals surface area contributed by atoms with Gasteiger partial charge >= 0.3 is 78.8 Å². The second-order valence-electron chi connectivity index (χ2n) is 39.1. The highest BCUT2D eigenvalue weighted by molar-refractivity contribution is 5.80. The molecule has 10 amide bonds. The molecule has 0 fully saturated rings. The van der Waals surface area contributed by atoms with Gasteiger partial charge in [-0.15, -0.1) is 0 Å². The van der Waals surface area contributed by atoms with Gasteiger partial charge < -0.3 is 144 Å². The van der Waals surface area contributed by atoms with Crippen molar-refractivity contribution in [2.75, 3.05) is 246 Å². The molecule has 0 aromatic heterocycles. The third-order valence-electron chi connectivity index (χ3n) is 20.1. The number of ether oxygens (including phenoxy) is 13. The highest BCUT2D eigenvalue weighted by atomic mass is 16.6. The Kier molecular flexibility index (Phi) is 62.5. The maximum absolute atomic E-state index is 15.1. The molecule has 0 spiro atoms. The quantitative estimate of drug-likeness (QED) is 0.0154. The van der Waals surface area contributed by atoms with E-state index in [-0.39, 0.29) is 45.7 Å². The van der Waals surface area contributed by atoms with Gasteiger partial charge in [-0.1, -0.05) is 33.6 Å². The molecule has 42 heteroatoms. The average Bonchev–Trinajstić information content (AvgIpc) is 0.815. The van der Waals surface area contributed by atoms with Crippen molar-refractivity contribution in [2.45, 2.75) is 243 Å². The summed E-state index contributed by atoms with van der Waals surface area (Å²) in [5.74, 6) is -3.34. The topological polar surface area (TPSA) is 482 Å². The van der Waals surface area contributed by atoms with Gasteiger partial charge in [-0.25, -0.2) is 47.9 Å². The molecular weight excluding hydrogens is 1730 g/mol. The Morgan fingerprint density at radius 3 is 0.481 bits per heavy atom. The lowest BCUT2D eigenvalue weighted by Gasteiger charge is -2.35. The highest BCUT2D eigenvalue weighted by Gasteiger charge is 2.46. The number of hydrogen-bond donors (Lipinski definition) is 10. The van der Waals surface area contributed by atoms with Crippen molar-refractivity contribution in [1.82, 2.24) is 82.6 Å². The van der Waals surface area contributed by atoms with E-state index in [1.165, 1.54) is 20.8 Å². The minimum absolute atomic E-state index is 0.121. The zero-order valence-electron chi connectivity index (χ0n) is 85.3. The molecule has 10 N–H and O–H groups in total. The third kappa shape index (κ3) is 66.8. The maximum atomic E-state index is 15.1. The molecule has 0 aromatic rings. The molecule has 0 aliphatic rings. The first-order valence-corrected chi connectivity index (χ1v) is 47.1. The van der Waals surface area contributed by atoms with E-state index in [4.69, 9.17) is 61.6 Å². The smallest absolute Gasteiger partial charge is 0.407 e. The minimum Gasteiger partial charge on any atom is -0.464 e. The van der Waals surface area contributed by atoms with Crippen LogP contribution in [0.15, 0.2) is 0 Å². The van der Waals surface area contributed by atoms with Gasteiger partial charge in [-0.3, -0.25) is 14.4 Å². The van der Waals surface area contributed by atoms with Crippen molar-refractivity contribution in [1.29, 1.82) is 0 Å². The number of nitrogens with zero attached hydrogens (tertiary/aromatic N) is 6. The SMILES string of the molecule is CCCCN(C)CCCNC(=O)OCC(C)(COC(=O)NCCCN(C)CCCC)C(=O)OCC(CC)(COC(=O)C(C)(COC(=O)NCCCN(C)CCCNC(=O)OC(C)(C)C)COC(=O)NCCCN(C)CCCNC(=O)OC(C)(C)C)COC(=O)C(C)(COC(=O)NCCCN(C)CCCNC(=O)OC(C)(C)C)COC(=O)NCCCN(C)CCCNC(=O)OC(C)(C)C. The summed E-state index contributed by atoms with van der Waals surface area (Å²) in [7, 11) is 11.5. The second-order valence-corrected chi connectivity index (χ2v) is 39.1. The molecule has 0 rings (SSSR count). The van der Waals surface area contributed by atoms with Gasteiger partial charge in [0.1, 0.15) is 98.1 Å². The molecule has 0 unspecified atom stereocenters. The molecule has 774 valence electrons. The first-order valence-electron chi connectivity index (χ1n) is 47.1. The lowest BCUT2D eigenvalue weighted by Crippen LogP contribution is -2.48. The number of amides is 10. The van der Waals surface area contributed by atoms with Gasteiger partial charge in [0.2, 0.25) is 0 Å². The van der Waals surface area contributed by atoms with E-state index in [9.17, 15) is 47.9 Å². The number of alkyl carbamates (subject to hydrolysis) is 10. The predicted octanol–water partition coefficient (Wildman–Crippen LogP) is 9.58. The lowest BCUT2D eigenvalue weighted by molar-refractivity contribution is -0.179. The molecule has 133 heavy (non-hydrogen) atoms. The normalized spacial score (nSPS) is 12.1. The number of hydrogen-bond acceptors (Lipinski definition) is 32. The van der Waals surface area contributed by atoms with Crippen LogP contribution < -0.4 is 53.2 Å². The number of esters is 3. The van der Waals surface area contributed by atoms with E-state index in [1.54, 1.807) is 90.0 Å². The molecule has 42 nitrogen and oxygen atoms in total. The Morgan fingerprint density at radius 1 is 0.203 bits per heavy atom. The number of carbonyl (C=O) groups is 13. The molecule has 0 saturated heterocycles. The molecule has 0 saturated carbocycles. The van der Waals surface area contributed by atoms with Gasteiger partial charge in [0.05, 0.1) is 5.41 Å². The van der Waals surface area contributed by atoms with Crippen molar-refractivity contribution in [3.05, 3.63) is 0 Å². The molecule has 0 aliphatic heterocycles. The molecule has 0 aromatic carbocycles. The molecule has 0 radical (unpaired) electrons. The summed E-state index contributed by atoms with van der Waals surface area (Å²) in [6, 6.07) is 0. The number of nitrogens with one attached hydrogen (secondary N) is 10. The molecule has 0 bridgehead atoms. The van der Waals surface area contributed by atoms with Gasteiger partial charge in [-0.05, 0) is 308 Å². The summed E-state index contributed by atoms with van der Waals surface area (Å²) in [4.78, 5) is 188. The summed E-state index contributed by atoms with van der Waals surface area (Å²) in [5.41, 5.74) is -10.4. The first-order chi connectivity index (χ1) is 62.2. The van der Waals surface area contributed by atoms with Crippen molar-refractivity contribution in [3.63, 3.8) is 0 Å². The highest BCUT2D eigenvalue weighted by Crippen LogP contribution is 2.32. The van der Waals surface area contributed by atoms with Crippen LogP contribution in [0, 0.1) is 21.7 Å². The van der Waals surface area contributed by atoms with Gasteiger partial charge in [0.15, 0.2) is 0 Å². The lowest BCUT2D eigenvalue weighted by atomic mass is 9.86. The standard InChI is InChI=1S/C91H174N16O26/c1-25-28-50-102(19)52-30-40-92-74(111)124-62-88(16,63-125-75(112)93-41-31-53-103(20)51-29-26-2)71(108)121-68-91(27-3,69-122-72(109)89(17,64-126-76(113)94-42-32-54-104(21)58-36-46-98-80(117)130-84(4,5)6)65-127-77(114)95-43-33-55-105(22)59-37-47-99-81(118)131-85(7,8)9)70-123-73(110)90(18,66-128-78(115)96-44-34-56-106(23)60-38-48-100-82(119)132-86(10,11)12)67-129-79(116)97-45-35-57-107(24)61-39-49-101-83(120)133-87(13,14)15/h25-70H2,1-24H3,(H,92,111)(H,93,112)(H,94,113)(H,95,114)(H,96,115)(H,97,116)(H,98,117)(H,99,118)(H,100,119)(H,101,120). The van der Waals surface area contributed by atoms with Crippen LogP contribution in [-0.4, -0.2) is 376 Å². The largest absolute Gasteiger partial charge is 0.464 e. The van der Waals surface area contributed by atoms with Crippen LogP contribution in [0.1, 0.15) is 221 Å². The first kappa shape index (κ1) is 124. The van der Waals surface area contributed by atoms with Crippen LogP contribution in [0.25, 0.3) is 0 Å². The fourth-order valence-electron chi connectivity index (χ4n) is 11.9. The Labute approximate surface area is 792 Å². The van der Waals surface area contributed by atoms with Crippen molar-refractivity contribution >= 4 is 78.8 Å². The van der Waals surface area contributed by atoms with E-state index in [2.05, 4.69) is 76.8 Å². The van der Waals surface area contributed by atoms with Crippen LogP contribution in [-0.2, 0) is 76.0 Å². The van der Waals surface area contributed by atoms with E-state index in [0.29, 0.717) is 156 Å². The fraction of sp³-hybridized carbons (Fsp3) is 0.857. The van der Waals surface area contributed by atoms with Gasteiger partial charge in [0.25, 0.3) is 0 Å². The zero-order chi connectivity index (χ0) is 101.